The molecule has 1 aliphatic heterocycles. The van der Waals surface area contributed by atoms with E-state index in [1.807, 2.05) is 6.92 Å². The normalized spacial score (nSPS) is 16.9. The molecule has 0 spiro atoms. The molecule has 2 rings (SSSR count). The van der Waals surface area contributed by atoms with Crippen LogP contribution >= 0.6 is 0 Å². The van der Waals surface area contributed by atoms with Gasteiger partial charge in [0.2, 0.25) is 0 Å². The topological polar surface area (TPSA) is 38.8 Å². The number of likely N-dealkylation sites (tertiary alicyclic amines) is 1. The Hall–Kier alpha value is -1.62. The van der Waals surface area contributed by atoms with Crippen molar-refractivity contribution in [2.24, 2.45) is 0 Å². The molecule has 1 heterocycles. The molecule has 0 bridgehead atoms. The maximum Gasteiger partial charge on any atom is 0.251 e. The second-order valence-corrected chi connectivity index (χ2v) is 4.51. The van der Waals surface area contributed by atoms with Crippen molar-refractivity contribution in [2.75, 3.05) is 19.7 Å². The van der Waals surface area contributed by atoms with Crippen LogP contribution in [0.15, 0.2) is 24.3 Å². The van der Waals surface area contributed by atoms with E-state index >= 15 is 0 Å². The van der Waals surface area contributed by atoms with Gasteiger partial charge in [0.25, 0.3) is 5.91 Å². The maximum absolute atomic E-state index is 13.4. The smallest absolute Gasteiger partial charge is 0.251 e. The fourth-order valence-electron chi connectivity index (χ4n) is 1.99. The quantitative estimate of drug-likeness (QED) is 0.817. The number of hydrogen-bond acceptors (Lipinski definition) is 3. The molecule has 0 radical (unpaired) electrons. The number of carbonyl (C=O) groups is 1. The van der Waals surface area contributed by atoms with Gasteiger partial charge < -0.3 is 14.4 Å². The highest BCUT2D eigenvalue weighted by Gasteiger charge is 2.34. The molecule has 1 unspecified atom stereocenters. The summed E-state index contributed by atoms with van der Waals surface area (Å²) in [4.78, 5) is 13.5. The number of ether oxygens (including phenoxy) is 2. The molecule has 5 heteroatoms. The molecule has 0 saturated carbocycles. The second kappa shape index (κ2) is 6.02. The molecule has 1 aromatic rings. The van der Waals surface area contributed by atoms with Crippen LogP contribution in [0.1, 0.15) is 13.8 Å². The molecule has 1 atom stereocenters. The molecular formula is C14H18FNO3. The highest BCUT2D eigenvalue weighted by Crippen LogP contribution is 2.21. The van der Waals surface area contributed by atoms with Crippen LogP contribution < -0.4 is 4.74 Å². The van der Waals surface area contributed by atoms with Gasteiger partial charge in [-0.15, -0.1) is 0 Å². The van der Waals surface area contributed by atoms with Gasteiger partial charge in [-0.1, -0.05) is 12.1 Å². The lowest BCUT2D eigenvalue weighted by atomic mass is 10.1. The van der Waals surface area contributed by atoms with Gasteiger partial charge in [-0.2, -0.15) is 0 Å². The maximum atomic E-state index is 13.4. The Morgan fingerprint density at radius 1 is 1.47 bits per heavy atom. The molecule has 1 fully saturated rings. The van der Waals surface area contributed by atoms with Crippen LogP contribution in [0.25, 0.3) is 0 Å². The molecule has 0 aliphatic carbocycles. The lowest BCUT2D eigenvalue weighted by molar-refractivity contribution is -0.151. The first-order chi connectivity index (χ1) is 9.11. The zero-order valence-electron chi connectivity index (χ0n) is 11.1. The van der Waals surface area contributed by atoms with Gasteiger partial charge >= 0.3 is 0 Å². The minimum atomic E-state index is -0.431. The summed E-state index contributed by atoms with van der Waals surface area (Å²) in [6.07, 6.45) is -0.575. The SMILES string of the molecule is CCOC(C)C(=O)N1CC(Oc2ccccc2F)C1. The molecule has 1 aromatic carbocycles. The zero-order valence-corrected chi connectivity index (χ0v) is 11.1. The molecule has 19 heavy (non-hydrogen) atoms. The minimum Gasteiger partial charge on any atom is -0.484 e. The van der Waals surface area contributed by atoms with Crippen molar-refractivity contribution in [2.45, 2.75) is 26.1 Å². The van der Waals surface area contributed by atoms with Gasteiger partial charge in [-0.3, -0.25) is 4.79 Å². The summed E-state index contributed by atoms with van der Waals surface area (Å²) in [6.45, 7) is 5.05. The summed E-state index contributed by atoms with van der Waals surface area (Å²) in [5.41, 5.74) is 0. The number of para-hydroxylation sites is 1. The molecule has 1 aliphatic rings. The van der Waals surface area contributed by atoms with Crippen molar-refractivity contribution >= 4 is 5.91 Å². The average molecular weight is 267 g/mol. The molecule has 0 aromatic heterocycles. The van der Waals surface area contributed by atoms with Crippen molar-refractivity contribution in [3.63, 3.8) is 0 Å². The van der Waals surface area contributed by atoms with Crippen molar-refractivity contribution in [1.29, 1.82) is 0 Å². The molecule has 1 amide bonds. The van der Waals surface area contributed by atoms with E-state index in [9.17, 15) is 9.18 Å². The molecule has 1 saturated heterocycles. The van der Waals surface area contributed by atoms with E-state index in [2.05, 4.69) is 0 Å². The largest absolute Gasteiger partial charge is 0.484 e. The van der Waals surface area contributed by atoms with Gasteiger partial charge in [0, 0.05) is 6.61 Å². The number of carbonyl (C=O) groups excluding carboxylic acids is 1. The lowest BCUT2D eigenvalue weighted by Crippen LogP contribution is -2.58. The zero-order chi connectivity index (χ0) is 13.8. The number of nitrogens with zero attached hydrogens (tertiary/aromatic N) is 1. The van der Waals surface area contributed by atoms with E-state index in [0.29, 0.717) is 19.7 Å². The van der Waals surface area contributed by atoms with E-state index in [-0.39, 0.29) is 23.6 Å². The summed E-state index contributed by atoms with van der Waals surface area (Å²) in [7, 11) is 0. The van der Waals surface area contributed by atoms with Crippen LogP contribution in [0.2, 0.25) is 0 Å². The van der Waals surface area contributed by atoms with Gasteiger partial charge in [0.15, 0.2) is 11.6 Å². The van der Waals surface area contributed by atoms with E-state index in [1.165, 1.54) is 6.07 Å². The number of amides is 1. The van der Waals surface area contributed by atoms with E-state index in [1.54, 1.807) is 30.0 Å². The third-order valence-corrected chi connectivity index (χ3v) is 3.05. The van der Waals surface area contributed by atoms with Crippen molar-refractivity contribution in [3.8, 4) is 5.75 Å². The summed E-state index contributed by atoms with van der Waals surface area (Å²) >= 11 is 0. The van der Waals surface area contributed by atoms with Crippen molar-refractivity contribution in [3.05, 3.63) is 30.1 Å². The van der Waals surface area contributed by atoms with Crippen LogP contribution in [-0.2, 0) is 9.53 Å². The standard InChI is InChI=1S/C14H18FNO3/c1-3-18-10(2)14(17)16-8-11(9-16)19-13-7-5-4-6-12(13)15/h4-7,10-11H,3,8-9H2,1-2H3. The first-order valence-corrected chi connectivity index (χ1v) is 6.43. The van der Waals surface area contributed by atoms with Crippen molar-refractivity contribution < 1.29 is 18.7 Å². The number of halogens is 1. The highest BCUT2D eigenvalue weighted by atomic mass is 19.1. The molecular weight excluding hydrogens is 249 g/mol. The summed E-state index contributed by atoms with van der Waals surface area (Å²) in [5.74, 6) is -0.192. The fourth-order valence-corrected chi connectivity index (χ4v) is 1.99. The molecule has 4 nitrogen and oxygen atoms in total. The summed E-state index contributed by atoms with van der Waals surface area (Å²) in [6, 6.07) is 6.27. The Bertz CT molecular complexity index is 446. The van der Waals surface area contributed by atoms with Gasteiger partial charge in [-0.05, 0) is 26.0 Å². The number of hydrogen-bond donors (Lipinski definition) is 0. The van der Waals surface area contributed by atoms with Gasteiger partial charge in [0.1, 0.15) is 12.2 Å². The monoisotopic (exact) mass is 267 g/mol. The Morgan fingerprint density at radius 2 is 2.16 bits per heavy atom. The van der Waals surface area contributed by atoms with Gasteiger partial charge in [0.05, 0.1) is 13.1 Å². The first-order valence-electron chi connectivity index (χ1n) is 6.43. The van der Waals surface area contributed by atoms with E-state index in [4.69, 9.17) is 9.47 Å². The average Bonchev–Trinajstić information content (AvgIpc) is 2.35. The number of benzene rings is 1. The summed E-state index contributed by atoms with van der Waals surface area (Å²) in [5, 5.41) is 0. The minimum absolute atomic E-state index is 0.0461. The summed E-state index contributed by atoms with van der Waals surface area (Å²) < 4.78 is 24.1. The Labute approximate surface area is 112 Å². The molecule has 104 valence electrons. The molecule has 0 N–H and O–H groups in total. The second-order valence-electron chi connectivity index (χ2n) is 4.51. The lowest BCUT2D eigenvalue weighted by Gasteiger charge is -2.40. The number of rotatable bonds is 5. The van der Waals surface area contributed by atoms with E-state index < -0.39 is 6.10 Å². The van der Waals surface area contributed by atoms with Crippen LogP contribution in [0, 0.1) is 5.82 Å². The predicted octanol–water partition coefficient (Wildman–Crippen LogP) is 1.84. The first kappa shape index (κ1) is 13.8. The van der Waals surface area contributed by atoms with Gasteiger partial charge in [-0.25, -0.2) is 4.39 Å². The van der Waals surface area contributed by atoms with Crippen LogP contribution in [0.4, 0.5) is 4.39 Å². The third kappa shape index (κ3) is 3.23. The predicted molar refractivity (Wildman–Crippen MR) is 68.5 cm³/mol. The highest BCUT2D eigenvalue weighted by molar-refractivity contribution is 5.81. The Balaban J connectivity index is 1.81. The van der Waals surface area contributed by atoms with Crippen molar-refractivity contribution in [1.82, 2.24) is 4.90 Å². The van der Waals surface area contributed by atoms with Crippen LogP contribution in [0.3, 0.4) is 0 Å². The van der Waals surface area contributed by atoms with Crippen LogP contribution in [-0.4, -0.2) is 42.7 Å². The Morgan fingerprint density at radius 3 is 2.79 bits per heavy atom. The fraction of sp³-hybridized carbons (Fsp3) is 0.500. The third-order valence-electron chi connectivity index (χ3n) is 3.05. The van der Waals surface area contributed by atoms with E-state index in [0.717, 1.165) is 0 Å². The van der Waals surface area contributed by atoms with Crippen LogP contribution in [0.5, 0.6) is 5.75 Å². The Kier molecular flexibility index (Phi) is 4.37.